The van der Waals surface area contributed by atoms with Crippen molar-refractivity contribution in [3.8, 4) is 0 Å². The van der Waals surface area contributed by atoms with Crippen molar-refractivity contribution < 1.29 is 14.6 Å². The maximum absolute atomic E-state index is 11.4. The highest BCUT2D eigenvalue weighted by atomic mass is 16.5. The predicted molar refractivity (Wildman–Crippen MR) is 65.4 cm³/mol. The molecule has 1 fully saturated rings. The molecule has 6 nitrogen and oxygen atoms in total. The fourth-order valence-corrected chi connectivity index (χ4v) is 2.35. The summed E-state index contributed by atoms with van der Waals surface area (Å²) < 4.78 is 5.48. The van der Waals surface area contributed by atoms with E-state index in [0.29, 0.717) is 6.54 Å². The number of aryl methyl sites for hydroxylation is 2. The van der Waals surface area contributed by atoms with E-state index < -0.39 is 12.0 Å². The average molecular weight is 253 g/mol. The molecule has 0 bridgehead atoms. The number of nitrogens with zero attached hydrogens (tertiary/aromatic N) is 1. The van der Waals surface area contributed by atoms with Crippen LogP contribution in [0.4, 0.5) is 0 Å². The van der Waals surface area contributed by atoms with Gasteiger partial charge in [0.05, 0.1) is 11.8 Å². The summed E-state index contributed by atoms with van der Waals surface area (Å²) in [5.74, 6) is -0.888. The molecule has 2 atom stereocenters. The van der Waals surface area contributed by atoms with Crippen molar-refractivity contribution in [2.75, 3.05) is 13.2 Å². The van der Waals surface area contributed by atoms with Crippen LogP contribution in [0.15, 0.2) is 0 Å². The summed E-state index contributed by atoms with van der Waals surface area (Å²) in [5, 5.41) is 19.2. The maximum Gasteiger partial charge on any atom is 0.325 e. The second-order valence-electron chi connectivity index (χ2n) is 4.66. The summed E-state index contributed by atoms with van der Waals surface area (Å²) in [6.07, 6.45) is 2.16. The highest BCUT2D eigenvalue weighted by Gasteiger charge is 2.26. The van der Waals surface area contributed by atoms with Crippen LogP contribution >= 0.6 is 0 Å². The van der Waals surface area contributed by atoms with E-state index in [-0.39, 0.29) is 6.10 Å². The lowest BCUT2D eigenvalue weighted by Crippen LogP contribution is -2.35. The third-order valence-electron chi connectivity index (χ3n) is 3.29. The molecule has 1 aromatic heterocycles. The van der Waals surface area contributed by atoms with Crippen molar-refractivity contribution >= 4 is 5.97 Å². The molecule has 100 valence electrons. The van der Waals surface area contributed by atoms with Gasteiger partial charge < -0.3 is 9.84 Å². The quantitative estimate of drug-likeness (QED) is 0.726. The van der Waals surface area contributed by atoms with Gasteiger partial charge in [-0.15, -0.1) is 0 Å². The van der Waals surface area contributed by atoms with Gasteiger partial charge in [-0.2, -0.15) is 5.10 Å². The van der Waals surface area contributed by atoms with E-state index in [1.807, 2.05) is 13.8 Å². The lowest BCUT2D eigenvalue weighted by atomic mass is 10.0. The molecular weight excluding hydrogens is 234 g/mol. The van der Waals surface area contributed by atoms with Crippen LogP contribution in [0.5, 0.6) is 0 Å². The minimum atomic E-state index is -0.888. The molecule has 0 radical (unpaired) electrons. The Morgan fingerprint density at radius 3 is 2.94 bits per heavy atom. The molecule has 1 saturated heterocycles. The van der Waals surface area contributed by atoms with E-state index in [0.717, 1.165) is 36.4 Å². The van der Waals surface area contributed by atoms with Crippen LogP contribution in [0, 0.1) is 13.8 Å². The molecule has 2 heterocycles. The standard InChI is InChI=1S/C12H19N3O3/c1-7-10(8(2)15-14-7)11(12(16)17)13-6-9-4-3-5-18-9/h9,11,13H,3-6H2,1-2H3,(H,14,15)(H,16,17). The number of H-pyrrole nitrogens is 1. The Bertz CT molecular complexity index is 405. The summed E-state index contributed by atoms with van der Waals surface area (Å²) in [4.78, 5) is 11.4. The van der Waals surface area contributed by atoms with Gasteiger partial charge in [0, 0.05) is 24.4 Å². The van der Waals surface area contributed by atoms with Crippen molar-refractivity contribution in [1.82, 2.24) is 15.5 Å². The fraction of sp³-hybridized carbons (Fsp3) is 0.667. The highest BCUT2D eigenvalue weighted by molar-refractivity contribution is 5.76. The molecule has 0 spiro atoms. The number of ether oxygens (including phenoxy) is 1. The Kier molecular flexibility index (Phi) is 3.98. The smallest absolute Gasteiger partial charge is 0.325 e. The zero-order valence-corrected chi connectivity index (χ0v) is 10.7. The van der Waals surface area contributed by atoms with E-state index in [2.05, 4.69) is 15.5 Å². The minimum absolute atomic E-state index is 0.124. The molecule has 0 aliphatic carbocycles. The van der Waals surface area contributed by atoms with E-state index in [9.17, 15) is 9.90 Å². The summed E-state index contributed by atoms with van der Waals surface area (Å²) in [5.41, 5.74) is 2.24. The number of carbonyl (C=O) groups is 1. The monoisotopic (exact) mass is 253 g/mol. The van der Waals surface area contributed by atoms with Crippen LogP contribution in [0.3, 0.4) is 0 Å². The number of hydrogen-bond acceptors (Lipinski definition) is 4. The van der Waals surface area contributed by atoms with Crippen molar-refractivity contribution in [3.05, 3.63) is 17.0 Å². The van der Waals surface area contributed by atoms with Crippen LogP contribution in [0.2, 0.25) is 0 Å². The van der Waals surface area contributed by atoms with Gasteiger partial charge in [0.15, 0.2) is 0 Å². The van der Waals surface area contributed by atoms with Gasteiger partial charge >= 0.3 is 5.97 Å². The molecule has 6 heteroatoms. The number of nitrogens with one attached hydrogen (secondary N) is 2. The largest absolute Gasteiger partial charge is 0.480 e. The van der Waals surface area contributed by atoms with Gasteiger partial charge in [0.1, 0.15) is 6.04 Å². The number of carboxylic acids is 1. The van der Waals surface area contributed by atoms with Gasteiger partial charge in [-0.1, -0.05) is 0 Å². The molecule has 0 aromatic carbocycles. The zero-order valence-electron chi connectivity index (χ0n) is 10.7. The Morgan fingerprint density at radius 2 is 2.44 bits per heavy atom. The summed E-state index contributed by atoms with van der Waals surface area (Å²) >= 11 is 0. The first-order valence-electron chi connectivity index (χ1n) is 6.19. The minimum Gasteiger partial charge on any atom is -0.480 e. The number of carboxylic acid groups (broad SMARTS) is 1. The second-order valence-corrected chi connectivity index (χ2v) is 4.66. The third-order valence-corrected chi connectivity index (χ3v) is 3.29. The van der Waals surface area contributed by atoms with E-state index >= 15 is 0 Å². The van der Waals surface area contributed by atoms with Crippen LogP contribution in [0.25, 0.3) is 0 Å². The molecule has 18 heavy (non-hydrogen) atoms. The van der Waals surface area contributed by atoms with Crippen molar-refractivity contribution in [2.24, 2.45) is 0 Å². The van der Waals surface area contributed by atoms with Gasteiger partial charge in [0.25, 0.3) is 0 Å². The second kappa shape index (κ2) is 5.49. The normalized spacial score (nSPS) is 21.1. The van der Waals surface area contributed by atoms with E-state index in [1.165, 1.54) is 0 Å². The molecule has 2 unspecified atom stereocenters. The summed E-state index contributed by atoms with van der Waals surface area (Å²) in [7, 11) is 0. The molecule has 1 aliphatic heterocycles. The lowest BCUT2D eigenvalue weighted by molar-refractivity contribution is -0.139. The van der Waals surface area contributed by atoms with Crippen LogP contribution in [-0.4, -0.2) is 40.5 Å². The van der Waals surface area contributed by atoms with Gasteiger partial charge in [0.2, 0.25) is 0 Å². The topological polar surface area (TPSA) is 87.2 Å². The number of aromatic amines is 1. The van der Waals surface area contributed by atoms with Crippen molar-refractivity contribution in [2.45, 2.75) is 38.8 Å². The number of aliphatic carboxylic acids is 1. The first kappa shape index (κ1) is 13.0. The Morgan fingerprint density at radius 1 is 1.67 bits per heavy atom. The molecule has 2 rings (SSSR count). The van der Waals surface area contributed by atoms with E-state index in [1.54, 1.807) is 0 Å². The molecule has 0 saturated carbocycles. The van der Waals surface area contributed by atoms with Crippen LogP contribution < -0.4 is 5.32 Å². The fourth-order valence-electron chi connectivity index (χ4n) is 2.35. The van der Waals surface area contributed by atoms with Crippen molar-refractivity contribution in [3.63, 3.8) is 0 Å². The number of aromatic nitrogens is 2. The Hall–Kier alpha value is -1.40. The first-order valence-corrected chi connectivity index (χ1v) is 6.19. The maximum atomic E-state index is 11.4. The van der Waals surface area contributed by atoms with Gasteiger partial charge in [-0.3, -0.25) is 15.2 Å². The number of rotatable bonds is 5. The van der Waals surface area contributed by atoms with Crippen LogP contribution in [0.1, 0.15) is 35.8 Å². The Labute approximate surface area is 106 Å². The van der Waals surface area contributed by atoms with Gasteiger partial charge in [-0.05, 0) is 26.7 Å². The molecule has 3 N–H and O–H groups in total. The predicted octanol–water partition coefficient (Wildman–Crippen LogP) is 0.921. The third kappa shape index (κ3) is 2.70. The Balaban J connectivity index is 2.06. The average Bonchev–Trinajstić information content (AvgIpc) is 2.93. The zero-order chi connectivity index (χ0) is 13.1. The summed E-state index contributed by atoms with van der Waals surface area (Å²) in [6.45, 7) is 4.97. The lowest BCUT2D eigenvalue weighted by Gasteiger charge is -2.17. The highest BCUT2D eigenvalue weighted by Crippen LogP contribution is 2.20. The van der Waals surface area contributed by atoms with E-state index in [4.69, 9.17) is 4.74 Å². The van der Waals surface area contributed by atoms with Crippen molar-refractivity contribution in [1.29, 1.82) is 0 Å². The number of hydrogen-bond donors (Lipinski definition) is 3. The first-order chi connectivity index (χ1) is 8.59. The molecule has 1 aliphatic rings. The SMILES string of the molecule is Cc1n[nH]c(C)c1C(NCC1CCCO1)C(=O)O. The molecule has 0 amide bonds. The molecule has 1 aromatic rings. The van der Waals surface area contributed by atoms with Crippen LogP contribution in [-0.2, 0) is 9.53 Å². The summed E-state index contributed by atoms with van der Waals surface area (Å²) in [6, 6.07) is -0.729. The molecular formula is C12H19N3O3. The van der Waals surface area contributed by atoms with Gasteiger partial charge in [-0.25, -0.2) is 0 Å².